The molecule has 1 saturated heterocycles. The van der Waals surface area contributed by atoms with E-state index in [4.69, 9.17) is 16.3 Å². The van der Waals surface area contributed by atoms with E-state index in [2.05, 4.69) is 32.2 Å². The molecule has 5 atom stereocenters. The maximum Gasteiger partial charge on any atom is 0.434 e. The average molecular weight is 813 g/mol. The van der Waals surface area contributed by atoms with Gasteiger partial charge in [-0.05, 0) is 55.2 Å². The van der Waals surface area contributed by atoms with Crippen LogP contribution in [-0.4, -0.2) is 77.0 Å². The van der Waals surface area contributed by atoms with Crippen molar-refractivity contribution >= 4 is 61.8 Å². The van der Waals surface area contributed by atoms with E-state index >= 15 is 0 Å². The minimum atomic E-state index is -4.70. The fraction of sp³-hybridized carbons (Fsp3) is 0.571. The summed E-state index contributed by atoms with van der Waals surface area (Å²) < 4.78 is 74.0. The Kier molecular flexibility index (Phi) is 10.3. The van der Waals surface area contributed by atoms with Crippen molar-refractivity contribution in [1.82, 2.24) is 25.2 Å². The number of ketones is 1. The van der Waals surface area contributed by atoms with Gasteiger partial charge in [0.2, 0.25) is 15.9 Å². The van der Waals surface area contributed by atoms with Gasteiger partial charge in [0.15, 0.2) is 22.2 Å². The molecule has 3 heterocycles. The number of carbonyl (C=O) groups is 4. The van der Waals surface area contributed by atoms with Crippen molar-refractivity contribution < 1.29 is 45.5 Å². The minimum absolute atomic E-state index is 0.0967. The second-order valence-corrected chi connectivity index (χ2v) is 18.1. The number of halogens is 4. The zero-order valence-electron chi connectivity index (χ0n) is 29.0. The van der Waals surface area contributed by atoms with Gasteiger partial charge in [0.25, 0.3) is 5.91 Å². The zero-order valence-corrected chi connectivity index (χ0v) is 31.4. The van der Waals surface area contributed by atoms with Crippen LogP contribution in [0.15, 0.2) is 36.2 Å². The number of aromatic nitrogens is 1. The highest BCUT2D eigenvalue weighted by Crippen LogP contribution is 2.46. The molecule has 7 rings (SSSR count). The highest BCUT2D eigenvalue weighted by Gasteiger charge is 2.62. The standard InChI is InChI=1S/C35H40ClF3N6O7S2/c1-2-21-13-34(21,30(48)44-54(50,51)22-11-12-22)43-29(47)25-14-33(18-40-25,52-32(49)45-15-20-9-6-10-24(36)23(20)16-45)28(46)27(19-7-4-3-5-8-19)42-31-41-26(17-53-31)35(37,38)39/h2,6,9-10,17,19,21-22,25,27,40H,1,3-5,7-8,11-16,18H2,(H,41,42)(H,43,47)(H,44,48)/t21-,25+,27+,33-,34-/m1/s1. The summed E-state index contributed by atoms with van der Waals surface area (Å²) in [4.78, 5) is 61.2. The van der Waals surface area contributed by atoms with Crippen LogP contribution in [0.1, 0.15) is 74.6 Å². The van der Waals surface area contributed by atoms with Gasteiger partial charge >= 0.3 is 12.3 Å². The Labute approximate surface area is 318 Å². The number of anilines is 1. The molecule has 0 radical (unpaired) electrons. The van der Waals surface area contributed by atoms with Crippen molar-refractivity contribution in [1.29, 1.82) is 0 Å². The van der Waals surface area contributed by atoms with Gasteiger partial charge in [-0.25, -0.2) is 18.2 Å². The van der Waals surface area contributed by atoms with Crippen LogP contribution in [0.2, 0.25) is 5.02 Å². The maximum absolute atomic E-state index is 15.0. The Bertz CT molecular complexity index is 1970. The number of alkyl halides is 3. The Balaban J connectivity index is 1.16. The van der Waals surface area contributed by atoms with Crippen molar-refractivity contribution in [3.63, 3.8) is 0 Å². The van der Waals surface area contributed by atoms with Crippen LogP contribution in [0, 0.1) is 11.8 Å². The maximum atomic E-state index is 15.0. The van der Waals surface area contributed by atoms with Gasteiger partial charge < -0.3 is 20.7 Å². The molecule has 1 aromatic heterocycles. The van der Waals surface area contributed by atoms with Crippen LogP contribution >= 0.6 is 22.9 Å². The summed E-state index contributed by atoms with van der Waals surface area (Å²) in [6.07, 6.45) is 0.0710. The molecule has 0 spiro atoms. The molecular weight excluding hydrogens is 773 g/mol. The molecule has 5 aliphatic rings. The summed E-state index contributed by atoms with van der Waals surface area (Å²) in [5.41, 5.74) is -3.18. The third kappa shape index (κ3) is 7.58. The van der Waals surface area contributed by atoms with E-state index in [1.807, 2.05) is 6.07 Å². The lowest BCUT2D eigenvalue weighted by Gasteiger charge is -2.37. The van der Waals surface area contributed by atoms with E-state index in [9.17, 15) is 40.8 Å². The molecule has 0 bridgehead atoms. The summed E-state index contributed by atoms with van der Waals surface area (Å²) in [6, 6.07) is 2.94. The lowest BCUT2D eigenvalue weighted by atomic mass is 9.77. The summed E-state index contributed by atoms with van der Waals surface area (Å²) in [6.45, 7) is 3.63. The number of hydrogen-bond donors (Lipinski definition) is 4. The second kappa shape index (κ2) is 14.4. The Hall–Kier alpha value is -3.74. The van der Waals surface area contributed by atoms with Crippen molar-refractivity contribution in [2.45, 2.75) is 106 Å². The number of carbonyl (C=O) groups excluding carboxylic acids is 4. The first kappa shape index (κ1) is 38.5. The molecule has 3 amide bonds. The van der Waals surface area contributed by atoms with Crippen molar-refractivity contribution in [3.05, 3.63) is 58.1 Å². The normalized spacial score (nSPS) is 27.4. The smallest absolute Gasteiger partial charge is 0.433 e. The van der Waals surface area contributed by atoms with Gasteiger partial charge in [-0.1, -0.05) is 49.1 Å². The minimum Gasteiger partial charge on any atom is -0.433 e. The number of nitrogens with one attached hydrogen (secondary N) is 4. The van der Waals surface area contributed by atoms with E-state index in [0.29, 0.717) is 42.0 Å². The van der Waals surface area contributed by atoms with Gasteiger partial charge in [-0.2, -0.15) is 13.2 Å². The molecule has 1 aromatic carbocycles. The number of hydrogen-bond acceptors (Lipinski definition) is 11. The van der Waals surface area contributed by atoms with E-state index < -0.39 is 80.0 Å². The summed E-state index contributed by atoms with van der Waals surface area (Å²) >= 11 is 7.09. The second-order valence-electron chi connectivity index (χ2n) is 14.8. The van der Waals surface area contributed by atoms with Crippen molar-refractivity contribution in [2.75, 3.05) is 11.9 Å². The lowest BCUT2D eigenvalue weighted by Crippen LogP contribution is -2.56. The van der Waals surface area contributed by atoms with Gasteiger partial charge in [-0.3, -0.25) is 24.0 Å². The zero-order chi connectivity index (χ0) is 38.6. The van der Waals surface area contributed by atoms with Crippen LogP contribution in [-0.2, 0) is 48.4 Å². The number of benzene rings is 1. The van der Waals surface area contributed by atoms with Gasteiger partial charge in [0.05, 0.1) is 23.9 Å². The third-order valence-corrected chi connectivity index (χ3v) is 14.1. The topological polar surface area (TPSA) is 176 Å². The fourth-order valence-electron chi connectivity index (χ4n) is 7.78. The number of rotatable bonds is 12. The first-order valence-corrected chi connectivity index (χ1v) is 20.7. The van der Waals surface area contributed by atoms with E-state index in [0.717, 1.165) is 35.8 Å². The molecule has 0 unspecified atom stereocenters. The molecule has 19 heteroatoms. The number of thiazole rings is 1. The number of ether oxygens (including phenoxy) is 1. The van der Waals surface area contributed by atoms with Gasteiger partial charge in [0.1, 0.15) is 5.54 Å². The molecule has 3 saturated carbocycles. The van der Waals surface area contributed by atoms with Crippen LogP contribution < -0.4 is 20.7 Å². The van der Waals surface area contributed by atoms with Gasteiger partial charge in [0, 0.05) is 35.8 Å². The molecule has 4 N–H and O–H groups in total. The molecule has 54 heavy (non-hydrogen) atoms. The summed E-state index contributed by atoms with van der Waals surface area (Å²) in [5.74, 6) is -3.17. The SMILES string of the molecule is C=C[C@@H]1C[C@]1(NC(=O)[C@@H]1C[C@](OC(=O)N2Cc3cccc(Cl)c3C2)(C(=O)[C@@H](Nc2nc(C(F)(F)F)cs2)C2CCCCC2)CN1)C(=O)NS(=O)(=O)C1CC1. The predicted molar refractivity (Wildman–Crippen MR) is 192 cm³/mol. The molecule has 2 aliphatic heterocycles. The predicted octanol–water partition coefficient (Wildman–Crippen LogP) is 4.67. The van der Waals surface area contributed by atoms with Crippen LogP contribution in [0.25, 0.3) is 0 Å². The number of fused-ring (bicyclic) bond motifs is 1. The number of amides is 3. The molecule has 292 valence electrons. The van der Waals surface area contributed by atoms with Gasteiger partial charge in [-0.15, -0.1) is 17.9 Å². The first-order valence-electron chi connectivity index (χ1n) is 17.9. The summed E-state index contributed by atoms with van der Waals surface area (Å²) in [7, 11) is -3.93. The Morgan fingerprint density at radius 3 is 2.48 bits per heavy atom. The van der Waals surface area contributed by atoms with Crippen molar-refractivity contribution in [3.8, 4) is 0 Å². The van der Waals surface area contributed by atoms with E-state index in [1.54, 1.807) is 12.1 Å². The van der Waals surface area contributed by atoms with Crippen LogP contribution in [0.4, 0.5) is 23.1 Å². The number of sulfonamides is 1. The lowest BCUT2D eigenvalue weighted by molar-refractivity contribution is -0.140. The first-order chi connectivity index (χ1) is 25.5. The fourth-order valence-corrected chi connectivity index (χ4v) is 10.2. The largest absolute Gasteiger partial charge is 0.434 e. The highest BCUT2D eigenvalue weighted by molar-refractivity contribution is 7.91. The van der Waals surface area contributed by atoms with Crippen LogP contribution in [0.3, 0.4) is 0 Å². The van der Waals surface area contributed by atoms with Crippen molar-refractivity contribution in [2.24, 2.45) is 11.8 Å². The molecule has 2 aromatic rings. The summed E-state index contributed by atoms with van der Waals surface area (Å²) in [5, 5.41) is 9.12. The highest BCUT2D eigenvalue weighted by atomic mass is 35.5. The number of Topliss-reactive ketones (excluding diaryl/α,β-unsaturated/α-hetero) is 1. The number of nitrogens with zero attached hydrogens (tertiary/aromatic N) is 2. The van der Waals surface area contributed by atoms with E-state index in [1.165, 1.54) is 11.0 Å². The Morgan fingerprint density at radius 1 is 1.11 bits per heavy atom. The molecule has 3 aliphatic carbocycles. The van der Waals surface area contributed by atoms with Crippen LogP contribution in [0.5, 0.6) is 0 Å². The van der Waals surface area contributed by atoms with E-state index in [-0.39, 0.29) is 43.5 Å². The monoisotopic (exact) mass is 812 g/mol. The Morgan fingerprint density at radius 2 is 1.85 bits per heavy atom. The molecule has 4 fully saturated rings. The molecule has 13 nitrogen and oxygen atoms in total. The third-order valence-electron chi connectivity index (χ3n) is 11.1. The molecular formula is C35H40ClF3N6O7S2. The quantitative estimate of drug-likeness (QED) is 0.221. The average Bonchev–Trinajstić information content (AvgIpc) is 3.93.